The van der Waals surface area contributed by atoms with E-state index in [-0.39, 0.29) is 44.8 Å². The van der Waals surface area contributed by atoms with Gasteiger partial charge in [0.15, 0.2) is 0 Å². The van der Waals surface area contributed by atoms with Gasteiger partial charge in [0, 0.05) is 24.7 Å². The van der Waals surface area contributed by atoms with Crippen LogP contribution < -0.4 is 9.08 Å². The first kappa shape index (κ1) is 38.0. The lowest BCUT2D eigenvalue weighted by Gasteiger charge is -2.31. The molecule has 252 valence electrons. The molecule has 9 nitrogen and oxygen atoms in total. The van der Waals surface area contributed by atoms with Crippen LogP contribution in [0, 0.1) is 20.8 Å². The number of halogens is 3. The van der Waals surface area contributed by atoms with Crippen LogP contribution >= 0.6 is 34.8 Å². The molecule has 0 aliphatic heterocycles. The Morgan fingerprint density at radius 3 is 2.26 bits per heavy atom. The molecule has 1 atom stereocenters. The van der Waals surface area contributed by atoms with Gasteiger partial charge in [0.05, 0.1) is 29.1 Å². The molecule has 0 radical (unpaired) electrons. The summed E-state index contributed by atoms with van der Waals surface area (Å²) in [7, 11) is -1.03. The number of nitrogens with zero attached hydrogens (tertiary/aromatic N) is 3. The molecule has 47 heavy (non-hydrogen) atoms. The Bertz CT molecular complexity index is 1840. The van der Waals surface area contributed by atoms with Crippen molar-refractivity contribution in [2.75, 3.05) is 24.5 Å². The minimum atomic E-state index is -4.16. The van der Waals surface area contributed by atoms with Gasteiger partial charge in [-0.1, -0.05) is 66.0 Å². The van der Waals surface area contributed by atoms with E-state index in [0.29, 0.717) is 17.3 Å². The molecule has 1 amide bonds. The number of ketones is 1. The van der Waals surface area contributed by atoms with Crippen LogP contribution in [0.3, 0.4) is 0 Å². The summed E-state index contributed by atoms with van der Waals surface area (Å²) in [4.78, 5) is 27.0. The smallest absolute Gasteiger partial charge is 0.340 e. The van der Waals surface area contributed by atoms with Gasteiger partial charge in [0.25, 0.3) is 0 Å². The van der Waals surface area contributed by atoms with Crippen LogP contribution in [0.4, 0.5) is 5.69 Å². The van der Waals surface area contributed by atoms with Gasteiger partial charge in [-0.3, -0.25) is 9.59 Å². The van der Waals surface area contributed by atoms with Gasteiger partial charge in [0.2, 0.25) is 17.6 Å². The predicted octanol–water partition coefficient (Wildman–Crippen LogP) is 7.51. The number of alkyl halides is 1. The molecule has 1 aromatic heterocycles. The Balaban J connectivity index is 0.000000277. The maximum absolute atomic E-state index is 13.0. The number of anilines is 1. The number of methoxy groups -OCH3 is 1. The third-order valence-corrected chi connectivity index (χ3v) is 9.25. The first-order valence-electron chi connectivity index (χ1n) is 14.7. The number of para-hydroxylation sites is 1. The van der Waals surface area contributed by atoms with E-state index >= 15 is 0 Å². The molecule has 0 N–H and O–H groups in total. The number of amides is 1. The fraction of sp³-hybridized carbons (Fsp3) is 0.324. The number of benzene rings is 3. The monoisotopic (exact) mass is 721 g/mol. The third-order valence-electron chi connectivity index (χ3n) is 7.25. The Kier molecular flexibility index (Phi) is 13.4. The van der Waals surface area contributed by atoms with E-state index in [4.69, 9.17) is 43.7 Å². The molecule has 0 saturated carbocycles. The minimum Gasteiger partial charge on any atom is -0.383 e. The van der Waals surface area contributed by atoms with Crippen LogP contribution in [-0.4, -0.2) is 55.5 Å². The number of aryl methyl sites for hydroxylation is 5. The fourth-order valence-corrected chi connectivity index (χ4v) is 6.57. The number of carbonyl (C=O) groups is 2. The summed E-state index contributed by atoms with van der Waals surface area (Å²) in [6.45, 7) is 9.99. The van der Waals surface area contributed by atoms with Crippen molar-refractivity contribution >= 4 is 62.3 Å². The van der Waals surface area contributed by atoms with Gasteiger partial charge in [-0.15, -0.1) is 11.6 Å². The molecule has 4 rings (SSSR count). The average molecular weight is 723 g/mol. The quantitative estimate of drug-likeness (QED) is 0.0896. The van der Waals surface area contributed by atoms with Crippen molar-refractivity contribution in [1.29, 1.82) is 0 Å². The zero-order valence-electron chi connectivity index (χ0n) is 27.3. The van der Waals surface area contributed by atoms with Crippen LogP contribution in [0.5, 0.6) is 5.88 Å². The van der Waals surface area contributed by atoms with E-state index in [1.54, 1.807) is 31.1 Å². The fourth-order valence-electron chi connectivity index (χ4n) is 4.98. The van der Waals surface area contributed by atoms with Crippen molar-refractivity contribution in [3.05, 3.63) is 104 Å². The van der Waals surface area contributed by atoms with Crippen molar-refractivity contribution in [2.24, 2.45) is 7.05 Å². The Labute approximate surface area is 291 Å². The Morgan fingerprint density at radius 2 is 1.68 bits per heavy atom. The van der Waals surface area contributed by atoms with Gasteiger partial charge in [-0.25, -0.2) is 4.68 Å². The van der Waals surface area contributed by atoms with Gasteiger partial charge in [-0.2, -0.15) is 13.5 Å². The number of rotatable bonds is 11. The summed E-state index contributed by atoms with van der Waals surface area (Å²) in [5.41, 5.74) is 4.61. The predicted molar refractivity (Wildman–Crippen MR) is 187 cm³/mol. The van der Waals surface area contributed by atoms with Crippen LogP contribution in [-0.2, 0) is 33.1 Å². The van der Waals surface area contributed by atoms with E-state index in [1.165, 1.54) is 42.1 Å². The molecule has 0 saturated heterocycles. The number of hydrogen-bond donors (Lipinski definition) is 0. The summed E-state index contributed by atoms with van der Waals surface area (Å²) in [6, 6.07) is 16.7. The summed E-state index contributed by atoms with van der Waals surface area (Å²) in [6.07, 6.45) is 0.878. The molecule has 4 aromatic rings. The van der Waals surface area contributed by atoms with Crippen molar-refractivity contribution in [2.45, 2.75) is 52.0 Å². The molecule has 0 fully saturated rings. The molecular weight excluding hydrogens is 685 g/mol. The van der Waals surface area contributed by atoms with E-state index in [2.05, 4.69) is 18.1 Å². The Hall–Kier alpha value is -3.41. The van der Waals surface area contributed by atoms with Crippen molar-refractivity contribution in [1.82, 2.24) is 9.78 Å². The summed E-state index contributed by atoms with van der Waals surface area (Å²) >= 11 is 17.8. The Morgan fingerprint density at radius 1 is 1.02 bits per heavy atom. The van der Waals surface area contributed by atoms with E-state index in [9.17, 15) is 18.0 Å². The summed E-state index contributed by atoms with van der Waals surface area (Å²) in [5, 5.41) is 4.66. The molecule has 1 heterocycles. The van der Waals surface area contributed by atoms with Crippen molar-refractivity contribution in [3.63, 3.8) is 0 Å². The van der Waals surface area contributed by atoms with Crippen LogP contribution in [0.1, 0.15) is 52.2 Å². The normalized spacial score (nSPS) is 11.8. The van der Waals surface area contributed by atoms with E-state index in [0.717, 1.165) is 28.8 Å². The van der Waals surface area contributed by atoms with Crippen molar-refractivity contribution < 1.29 is 26.9 Å². The lowest BCUT2D eigenvalue weighted by atomic mass is 10.0. The van der Waals surface area contributed by atoms with Gasteiger partial charge >= 0.3 is 10.1 Å². The van der Waals surface area contributed by atoms with E-state index in [1.807, 2.05) is 32.9 Å². The average Bonchev–Trinajstić information content (AvgIpc) is 3.29. The number of hydrogen-bond acceptors (Lipinski definition) is 7. The zero-order valence-corrected chi connectivity index (χ0v) is 30.4. The summed E-state index contributed by atoms with van der Waals surface area (Å²) < 4.78 is 37.0. The highest BCUT2D eigenvalue weighted by atomic mass is 35.5. The van der Waals surface area contributed by atoms with Crippen LogP contribution in [0.2, 0.25) is 10.0 Å². The van der Waals surface area contributed by atoms with Gasteiger partial charge < -0.3 is 13.8 Å². The molecule has 1 unspecified atom stereocenters. The first-order valence-corrected chi connectivity index (χ1v) is 17.4. The highest BCUT2D eigenvalue weighted by Gasteiger charge is 2.29. The van der Waals surface area contributed by atoms with Crippen LogP contribution in [0.15, 0.2) is 65.6 Å². The number of aromatic nitrogens is 2. The molecule has 0 aliphatic carbocycles. The third kappa shape index (κ3) is 9.15. The minimum absolute atomic E-state index is 0.0161. The largest absolute Gasteiger partial charge is 0.383 e. The lowest BCUT2D eigenvalue weighted by Crippen LogP contribution is -2.43. The second kappa shape index (κ2) is 16.6. The highest BCUT2D eigenvalue weighted by Crippen LogP contribution is 2.31. The molecule has 0 aliphatic rings. The second-order valence-corrected chi connectivity index (χ2v) is 13.5. The highest BCUT2D eigenvalue weighted by molar-refractivity contribution is 7.87. The first-order chi connectivity index (χ1) is 22.2. The lowest BCUT2D eigenvalue weighted by molar-refractivity contribution is -0.116. The van der Waals surface area contributed by atoms with Gasteiger partial charge in [0.1, 0.15) is 16.3 Å². The topological polar surface area (TPSA) is 108 Å². The maximum atomic E-state index is 13.0. The molecule has 13 heteroatoms. The van der Waals surface area contributed by atoms with Crippen molar-refractivity contribution in [3.8, 4) is 5.88 Å². The maximum Gasteiger partial charge on any atom is 0.340 e. The summed E-state index contributed by atoms with van der Waals surface area (Å²) in [5.74, 6) is -0.809. The molecule has 0 bridgehead atoms. The zero-order chi connectivity index (χ0) is 35.1. The molecule has 0 spiro atoms. The molecule has 3 aromatic carbocycles. The standard InChI is InChI=1S/C19H16Cl2N2O4S.C15H22ClNO2/c1-11-4-7-14(8-5-11)28(25,26)27-19-17(12(2)22-23(19)3)18(24)15-9-6-13(20)10-16(15)21;1-5-13-8-6-7-11(2)15(13)17(14(18)9-16)12(3)10-19-4/h4-10H,1-3H3;6-8,12H,5,9-10H2,1-4H3. The second-order valence-electron chi connectivity index (χ2n) is 10.8. The molecular formula is C34H38Cl3N3O6S. The van der Waals surface area contributed by atoms with E-state index < -0.39 is 15.9 Å². The SMILES string of the molecule is CCc1cccc(C)c1N(C(=O)CCl)C(C)COC.Cc1ccc(S(=O)(=O)Oc2c(C(=O)c3ccc(Cl)cc3Cl)c(C)nn2C)cc1. The number of carbonyl (C=O) groups excluding carboxylic acids is 2. The van der Waals surface area contributed by atoms with Crippen LogP contribution in [0.25, 0.3) is 0 Å². The van der Waals surface area contributed by atoms with Gasteiger partial charge in [-0.05, 0) is 75.6 Å². The number of ether oxygens (including phenoxy) is 1.